The Morgan fingerprint density at radius 3 is 2.69 bits per heavy atom. The summed E-state index contributed by atoms with van der Waals surface area (Å²) in [6.07, 6.45) is 0.231. The number of aryl methyl sites for hydroxylation is 1. The van der Waals surface area contributed by atoms with Gasteiger partial charge in [0, 0.05) is 32.5 Å². The largest absolute Gasteiger partial charge is 0.479 e. The number of benzene rings is 3. The van der Waals surface area contributed by atoms with E-state index < -0.39 is 6.10 Å². The van der Waals surface area contributed by atoms with Gasteiger partial charge in [-0.3, -0.25) is 4.79 Å². The van der Waals surface area contributed by atoms with Crippen LogP contribution in [0, 0.1) is 0 Å². The minimum absolute atomic E-state index is 0.263. The van der Waals surface area contributed by atoms with Gasteiger partial charge in [0.25, 0.3) is 5.91 Å². The van der Waals surface area contributed by atoms with Gasteiger partial charge in [-0.2, -0.15) is 0 Å². The predicted octanol–water partition coefficient (Wildman–Crippen LogP) is 6.60. The van der Waals surface area contributed by atoms with Gasteiger partial charge in [-0.25, -0.2) is 0 Å². The molecule has 1 heterocycles. The molecule has 3 aromatic carbocycles. The Morgan fingerprint density at radius 2 is 1.93 bits per heavy atom. The maximum Gasteiger partial charge on any atom is 0.265 e. The third kappa shape index (κ3) is 3.91. The van der Waals surface area contributed by atoms with Crippen LogP contribution in [0.1, 0.15) is 19.4 Å². The molecule has 0 saturated heterocycles. The van der Waals surface area contributed by atoms with Crippen LogP contribution in [0.25, 0.3) is 21.8 Å². The number of carbonyl (C=O) groups excluding carboxylic acids is 1. The summed E-state index contributed by atoms with van der Waals surface area (Å²) in [5.41, 5.74) is 4.09. The number of hydrogen-bond acceptors (Lipinski definition) is 2. The summed E-state index contributed by atoms with van der Waals surface area (Å²) < 4.78 is 5.69. The van der Waals surface area contributed by atoms with Crippen molar-refractivity contribution in [1.29, 1.82) is 0 Å². The third-order valence-corrected chi connectivity index (χ3v) is 5.47. The molecule has 0 bridgehead atoms. The van der Waals surface area contributed by atoms with Gasteiger partial charge in [0.1, 0.15) is 5.75 Å². The quantitative estimate of drug-likeness (QED) is 0.377. The Bertz CT molecular complexity index is 1220. The van der Waals surface area contributed by atoms with Crippen LogP contribution in [-0.4, -0.2) is 17.0 Å². The van der Waals surface area contributed by atoms with E-state index in [4.69, 9.17) is 27.9 Å². The van der Waals surface area contributed by atoms with Crippen LogP contribution >= 0.6 is 23.2 Å². The normalized spacial score (nSPS) is 12.3. The molecular weight excluding hydrogens is 407 g/mol. The van der Waals surface area contributed by atoms with Gasteiger partial charge >= 0.3 is 0 Å². The third-order valence-electron chi connectivity index (χ3n) is 4.94. The Balaban J connectivity index is 1.55. The number of nitrogens with one attached hydrogen (secondary N) is 2. The highest BCUT2D eigenvalue weighted by Crippen LogP contribution is 2.31. The highest BCUT2D eigenvalue weighted by Gasteiger charge is 2.17. The lowest BCUT2D eigenvalue weighted by molar-refractivity contribution is -0.122. The minimum atomic E-state index is -0.723. The van der Waals surface area contributed by atoms with Gasteiger partial charge in [-0.1, -0.05) is 54.4 Å². The highest BCUT2D eigenvalue weighted by molar-refractivity contribution is 6.35. The molecule has 0 radical (unpaired) electrons. The number of anilines is 1. The summed E-state index contributed by atoms with van der Waals surface area (Å²) in [7, 11) is 0. The van der Waals surface area contributed by atoms with E-state index in [9.17, 15) is 4.79 Å². The van der Waals surface area contributed by atoms with Gasteiger partial charge in [0.2, 0.25) is 0 Å². The van der Waals surface area contributed by atoms with Gasteiger partial charge < -0.3 is 15.0 Å². The van der Waals surface area contributed by atoms with Crippen molar-refractivity contribution >= 4 is 56.6 Å². The monoisotopic (exact) mass is 426 g/mol. The predicted molar refractivity (Wildman–Crippen MR) is 120 cm³/mol. The van der Waals surface area contributed by atoms with Gasteiger partial charge in [0.05, 0.1) is 5.02 Å². The lowest BCUT2D eigenvalue weighted by Crippen LogP contribution is -2.30. The van der Waals surface area contributed by atoms with Crippen LogP contribution in [-0.2, 0) is 11.2 Å². The van der Waals surface area contributed by atoms with Crippen molar-refractivity contribution in [1.82, 2.24) is 4.98 Å². The molecule has 4 aromatic rings. The van der Waals surface area contributed by atoms with Gasteiger partial charge in [-0.05, 0) is 49.2 Å². The fraction of sp³-hybridized carbons (Fsp3) is 0.174. The first-order valence-corrected chi connectivity index (χ1v) is 10.2. The van der Waals surface area contributed by atoms with Crippen molar-refractivity contribution < 1.29 is 9.53 Å². The number of rotatable bonds is 5. The maximum absolute atomic E-state index is 12.6. The molecule has 0 fully saturated rings. The number of aromatic amines is 1. The molecular formula is C23H20Cl2N2O2. The van der Waals surface area contributed by atoms with Crippen LogP contribution in [0.4, 0.5) is 5.69 Å². The molecule has 1 amide bonds. The number of amides is 1. The Kier molecular flexibility index (Phi) is 5.39. The molecule has 0 saturated carbocycles. The first kappa shape index (κ1) is 19.6. The number of carbonyl (C=O) groups is 1. The molecule has 6 heteroatoms. The molecule has 1 aromatic heterocycles. The number of para-hydroxylation sites is 1. The Morgan fingerprint density at radius 1 is 1.10 bits per heavy atom. The molecule has 1 unspecified atom stereocenters. The van der Waals surface area contributed by atoms with Crippen molar-refractivity contribution in [3.8, 4) is 5.75 Å². The summed E-state index contributed by atoms with van der Waals surface area (Å²) in [5.74, 6) is 0.151. The van der Waals surface area contributed by atoms with Crippen molar-refractivity contribution in [2.45, 2.75) is 26.4 Å². The smallest absolute Gasteiger partial charge is 0.265 e. The molecule has 4 rings (SSSR count). The van der Waals surface area contributed by atoms with E-state index in [1.807, 2.05) is 18.2 Å². The second kappa shape index (κ2) is 7.97. The number of hydrogen-bond donors (Lipinski definition) is 2. The van der Waals surface area contributed by atoms with Crippen LogP contribution in [0.15, 0.2) is 54.6 Å². The standard InChI is InChI=1S/C23H20Cl2N2O2/c1-3-14-5-4-6-18-17-9-8-16(12-20(17)27-22(14)18)26-23(28)13(2)29-21-10-7-15(24)11-19(21)25/h4-13,27H,3H2,1-2H3,(H,26,28). The molecule has 0 aliphatic heterocycles. The van der Waals surface area contributed by atoms with E-state index in [0.717, 1.165) is 22.8 Å². The van der Waals surface area contributed by atoms with E-state index in [2.05, 4.69) is 35.4 Å². The summed E-state index contributed by atoms with van der Waals surface area (Å²) in [5, 5.41) is 6.10. The number of fused-ring (bicyclic) bond motifs is 3. The van der Waals surface area contributed by atoms with E-state index in [-0.39, 0.29) is 5.91 Å². The summed E-state index contributed by atoms with van der Waals surface area (Å²) in [4.78, 5) is 16.1. The number of halogens is 2. The zero-order valence-electron chi connectivity index (χ0n) is 16.1. The van der Waals surface area contributed by atoms with Crippen LogP contribution in [0.5, 0.6) is 5.75 Å². The Hall–Kier alpha value is -2.69. The lowest BCUT2D eigenvalue weighted by Gasteiger charge is -2.16. The molecule has 148 valence electrons. The molecule has 0 spiro atoms. The number of aromatic nitrogens is 1. The van der Waals surface area contributed by atoms with Crippen LogP contribution in [0.3, 0.4) is 0 Å². The number of H-pyrrole nitrogens is 1. The van der Waals surface area contributed by atoms with Crippen molar-refractivity contribution in [2.75, 3.05) is 5.32 Å². The molecule has 4 nitrogen and oxygen atoms in total. The van der Waals surface area contributed by atoms with Gasteiger partial charge in [0.15, 0.2) is 6.10 Å². The minimum Gasteiger partial charge on any atom is -0.479 e. The Labute approximate surface area is 178 Å². The summed E-state index contributed by atoms with van der Waals surface area (Å²) >= 11 is 12.0. The van der Waals surface area contributed by atoms with Crippen molar-refractivity contribution in [2.24, 2.45) is 0 Å². The second-order valence-electron chi connectivity index (χ2n) is 6.90. The van der Waals surface area contributed by atoms with E-state index >= 15 is 0 Å². The summed E-state index contributed by atoms with van der Waals surface area (Å²) in [6, 6.07) is 17.1. The van der Waals surface area contributed by atoms with E-state index in [1.54, 1.807) is 25.1 Å². The zero-order valence-corrected chi connectivity index (χ0v) is 17.6. The van der Waals surface area contributed by atoms with Crippen molar-refractivity contribution in [3.05, 3.63) is 70.2 Å². The molecule has 0 aliphatic rings. The number of ether oxygens (including phenoxy) is 1. The first-order chi connectivity index (χ1) is 14.0. The molecule has 29 heavy (non-hydrogen) atoms. The maximum atomic E-state index is 12.6. The zero-order chi connectivity index (χ0) is 20.5. The molecule has 1 atom stereocenters. The second-order valence-corrected chi connectivity index (χ2v) is 7.75. The van der Waals surface area contributed by atoms with Crippen LogP contribution in [0.2, 0.25) is 10.0 Å². The topological polar surface area (TPSA) is 54.1 Å². The lowest BCUT2D eigenvalue weighted by atomic mass is 10.1. The van der Waals surface area contributed by atoms with Crippen molar-refractivity contribution in [3.63, 3.8) is 0 Å². The van der Waals surface area contributed by atoms with Crippen LogP contribution < -0.4 is 10.1 Å². The fourth-order valence-electron chi connectivity index (χ4n) is 3.42. The molecule has 0 aliphatic carbocycles. The van der Waals surface area contributed by atoms with Gasteiger partial charge in [-0.15, -0.1) is 0 Å². The SMILES string of the molecule is CCc1cccc2c1[nH]c1cc(NC(=O)C(C)Oc3ccc(Cl)cc3Cl)ccc12. The van der Waals surface area contributed by atoms with E-state index in [0.29, 0.717) is 21.5 Å². The average molecular weight is 427 g/mol. The highest BCUT2D eigenvalue weighted by atomic mass is 35.5. The summed E-state index contributed by atoms with van der Waals surface area (Å²) in [6.45, 7) is 3.82. The average Bonchev–Trinajstić information content (AvgIpc) is 3.07. The van der Waals surface area contributed by atoms with E-state index in [1.165, 1.54) is 10.9 Å². The first-order valence-electron chi connectivity index (χ1n) is 9.42. The molecule has 2 N–H and O–H groups in total. The fourth-order valence-corrected chi connectivity index (χ4v) is 3.87.